The van der Waals surface area contributed by atoms with E-state index in [0.29, 0.717) is 11.3 Å². The van der Waals surface area contributed by atoms with Gasteiger partial charge in [-0.05, 0) is 36.4 Å². The molecule has 0 unspecified atom stereocenters. The molecule has 114 valence electrons. The van der Waals surface area contributed by atoms with Crippen molar-refractivity contribution in [2.45, 2.75) is 0 Å². The maximum Gasteiger partial charge on any atom is 0.251 e. The van der Waals surface area contributed by atoms with E-state index < -0.39 is 0 Å². The predicted octanol–water partition coefficient (Wildman–Crippen LogP) is 1.52. The van der Waals surface area contributed by atoms with Crippen LogP contribution in [0.2, 0.25) is 0 Å². The van der Waals surface area contributed by atoms with E-state index in [2.05, 4.69) is 15.6 Å². The largest absolute Gasteiger partial charge is 0.378 e. The summed E-state index contributed by atoms with van der Waals surface area (Å²) in [6.07, 6.45) is 3.06. The molecule has 2 aromatic rings. The molecule has 0 atom stereocenters. The molecule has 1 aromatic heterocycles. The van der Waals surface area contributed by atoms with Crippen LogP contribution in [0.15, 0.2) is 48.8 Å². The third kappa shape index (κ3) is 4.31. The number of carbonyl (C=O) groups excluding carboxylic acids is 2. The van der Waals surface area contributed by atoms with Crippen LogP contribution in [0.4, 0.5) is 11.4 Å². The zero-order valence-electron chi connectivity index (χ0n) is 12.5. The number of hydrogen-bond donors (Lipinski definition) is 2. The summed E-state index contributed by atoms with van der Waals surface area (Å²) >= 11 is 0. The van der Waals surface area contributed by atoms with Gasteiger partial charge in [-0.3, -0.25) is 14.6 Å². The van der Waals surface area contributed by atoms with Gasteiger partial charge in [-0.1, -0.05) is 0 Å². The molecule has 0 saturated carbocycles. The lowest BCUT2D eigenvalue weighted by Gasteiger charge is -2.13. The maximum absolute atomic E-state index is 11.8. The predicted molar refractivity (Wildman–Crippen MR) is 86.0 cm³/mol. The zero-order chi connectivity index (χ0) is 15.9. The Labute approximate surface area is 129 Å². The molecule has 0 radical (unpaired) electrons. The molecule has 0 spiro atoms. The summed E-state index contributed by atoms with van der Waals surface area (Å²) < 4.78 is 0. The number of pyridine rings is 1. The average molecular weight is 298 g/mol. The highest BCUT2D eigenvalue weighted by Crippen LogP contribution is 2.15. The number of benzene rings is 1. The van der Waals surface area contributed by atoms with E-state index in [0.717, 1.165) is 5.69 Å². The first-order chi connectivity index (χ1) is 10.6. The minimum atomic E-state index is -0.305. The van der Waals surface area contributed by atoms with Gasteiger partial charge in [0.25, 0.3) is 5.91 Å². The summed E-state index contributed by atoms with van der Waals surface area (Å²) in [6.45, 7) is -0.0867. The number of nitrogens with zero attached hydrogens (tertiary/aromatic N) is 2. The van der Waals surface area contributed by atoms with E-state index in [9.17, 15) is 9.59 Å². The molecule has 0 aliphatic heterocycles. The Morgan fingerprint density at radius 2 is 1.68 bits per heavy atom. The van der Waals surface area contributed by atoms with Crippen molar-refractivity contribution in [1.82, 2.24) is 10.3 Å². The highest BCUT2D eigenvalue weighted by Gasteiger charge is 2.08. The van der Waals surface area contributed by atoms with Crippen LogP contribution in [-0.2, 0) is 4.79 Å². The Morgan fingerprint density at radius 3 is 2.27 bits per heavy atom. The van der Waals surface area contributed by atoms with Crippen molar-refractivity contribution < 1.29 is 9.59 Å². The highest BCUT2D eigenvalue weighted by molar-refractivity contribution is 5.99. The lowest BCUT2D eigenvalue weighted by Crippen LogP contribution is -2.32. The van der Waals surface area contributed by atoms with Crippen molar-refractivity contribution in [2.24, 2.45) is 0 Å². The first-order valence-corrected chi connectivity index (χ1v) is 6.82. The maximum atomic E-state index is 11.8. The lowest BCUT2D eigenvalue weighted by molar-refractivity contribution is -0.115. The molecule has 0 aliphatic rings. The smallest absolute Gasteiger partial charge is 0.251 e. The molecule has 0 aliphatic carbocycles. The number of nitrogens with one attached hydrogen (secondary N) is 2. The van der Waals surface area contributed by atoms with Crippen LogP contribution in [0.5, 0.6) is 0 Å². The van der Waals surface area contributed by atoms with Gasteiger partial charge in [0.15, 0.2) is 0 Å². The molecule has 2 N–H and O–H groups in total. The minimum Gasteiger partial charge on any atom is -0.378 e. The van der Waals surface area contributed by atoms with Gasteiger partial charge in [-0.2, -0.15) is 0 Å². The molecular weight excluding hydrogens is 280 g/mol. The first kappa shape index (κ1) is 15.5. The third-order valence-corrected chi connectivity index (χ3v) is 3.02. The van der Waals surface area contributed by atoms with E-state index in [1.807, 2.05) is 43.3 Å². The number of carbonyl (C=O) groups is 2. The van der Waals surface area contributed by atoms with E-state index in [1.54, 1.807) is 12.1 Å². The second-order valence-electron chi connectivity index (χ2n) is 4.91. The molecule has 1 heterocycles. The molecular formula is C16H18N4O2. The molecule has 6 nitrogen and oxygen atoms in total. The quantitative estimate of drug-likeness (QED) is 0.877. The van der Waals surface area contributed by atoms with Crippen LogP contribution in [0.1, 0.15) is 10.4 Å². The van der Waals surface area contributed by atoms with Gasteiger partial charge in [0, 0.05) is 43.4 Å². The normalized spacial score (nSPS) is 9.91. The van der Waals surface area contributed by atoms with Gasteiger partial charge in [-0.25, -0.2) is 0 Å². The van der Waals surface area contributed by atoms with Crippen molar-refractivity contribution in [3.8, 4) is 0 Å². The topological polar surface area (TPSA) is 74.3 Å². The molecule has 0 bridgehead atoms. The average Bonchev–Trinajstić information content (AvgIpc) is 2.54. The SMILES string of the molecule is CN(C)c1ccc(NC(=O)CNC(=O)c2ccncc2)cc1. The van der Waals surface area contributed by atoms with Crippen LogP contribution >= 0.6 is 0 Å². The first-order valence-electron chi connectivity index (χ1n) is 6.82. The second kappa shape index (κ2) is 7.21. The monoisotopic (exact) mass is 298 g/mol. The Kier molecular flexibility index (Phi) is 5.08. The second-order valence-corrected chi connectivity index (χ2v) is 4.91. The summed E-state index contributed by atoms with van der Waals surface area (Å²) in [7, 11) is 3.89. The van der Waals surface area contributed by atoms with E-state index in [1.165, 1.54) is 12.4 Å². The van der Waals surface area contributed by atoms with Gasteiger partial charge in [0.05, 0.1) is 6.54 Å². The van der Waals surface area contributed by atoms with Gasteiger partial charge >= 0.3 is 0 Å². The van der Waals surface area contributed by atoms with Gasteiger partial charge in [0.1, 0.15) is 0 Å². The fourth-order valence-electron chi connectivity index (χ4n) is 1.81. The molecule has 0 fully saturated rings. The van der Waals surface area contributed by atoms with Crippen molar-refractivity contribution >= 4 is 23.2 Å². The number of amides is 2. The highest BCUT2D eigenvalue weighted by atomic mass is 16.2. The molecule has 22 heavy (non-hydrogen) atoms. The van der Waals surface area contributed by atoms with Crippen LogP contribution < -0.4 is 15.5 Å². The minimum absolute atomic E-state index is 0.0867. The fourth-order valence-corrected chi connectivity index (χ4v) is 1.81. The number of rotatable bonds is 5. The van der Waals surface area contributed by atoms with Crippen molar-refractivity contribution in [3.05, 3.63) is 54.4 Å². The molecule has 6 heteroatoms. The van der Waals surface area contributed by atoms with Crippen molar-refractivity contribution in [3.63, 3.8) is 0 Å². The van der Waals surface area contributed by atoms with Gasteiger partial charge < -0.3 is 15.5 Å². The summed E-state index contributed by atoms with van der Waals surface area (Å²) in [5, 5.41) is 5.29. The zero-order valence-corrected chi connectivity index (χ0v) is 12.5. The van der Waals surface area contributed by atoms with Crippen molar-refractivity contribution in [2.75, 3.05) is 30.9 Å². The third-order valence-electron chi connectivity index (χ3n) is 3.02. The van der Waals surface area contributed by atoms with E-state index in [-0.39, 0.29) is 18.4 Å². The molecule has 2 rings (SSSR count). The number of hydrogen-bond acceptors (Lipinski definition) is 4. The number of anilines is 2. The Morgan fingerprint density at radius 1 is 1.05 bits per heavy atom. The molecule has 2 amide bonds. The van der Waals surface area contributed by atoms with Crippen LogP contribution in [-0.4, -0.2) is 37.4 Å². The summed E-state index contributed by atoms with van der Waals surface area (Å²) in [5.41, 5.74) is 2.20. The Balaban J connectivity index is 1.84. The van der Waals surface area contributed by atoms with E-state index >= 15 is 0 Å². The van der Waals surface area contributed by atoms with Crippen molar-refractivity contribution in [1.29, 1.82) is 0 Å². The summed E-state index contributed by atoms with van der Waals surface area (Å²) in [6, 6.07) is 10.6. The lowest BCUT2D eigenvalue weighted by atomic mass is 10.2. The Bertz CT molecular complexity index is 639. The van der Waals surface area contributed by atoms with Crippen LogP contribution in [0.3, 0.4) is 0 Å². The fraction of sp³-hybridized carbons (Fsp3) is 0.188. The van der Waals surface area contributed by atoms with Gasteiger partial charge in [-0.15, -0.1) is 0 Å². The van der Waals surface area contributed by atoms with Gasteiger partial charge in [0.2, 0.25) is 5.91 Å². The summed E-state index contributed by atoms with van der Waals surface area (Å²) in [5.74, 6) is -0.583. The number of aromatic nitrogens is 1. The molecule has 1 aromatic carbocycles. The van der Waals surface area contributed by atoms with Crippen LogP contribution in [0, 0.1) is 0 Å². The standard InChI is InChI=1S/C16H18N4O2/c1-20(2)14-5-3-13(4-6-14)19-15(21)11-18-16(22)12-7-9-17-10-8-12/h3-10H,11H2,1-2H3,(H,18,22)(H,19,21). The Hall–Kier alpha value is -2.89. The summed E-state index contributed by atoms with van der Waals surface area (Å²) in [4.78, 5) is 29.4. The van der Waals surface area contributed by atoms with E-state index in [4.69, 9.17) is 0 Å². The van der Waals surface area contributed by atoms with Crippen LogP contribution in [0.25, 0.3) is 0 Å². The molecule has 0 saturated heterocycles.